The highest BCUT2D eigenvalue weighted by Gasteiger charge is 2.39. The minimum absolute atomic E-state index is 0.461. The summed E-state index contributed by atoms with van der Waals surface area (Å²) in [6.07, 6.45) is 2.49. The number of H-pyrrole nitrogens is 1. The third kappa shape index (κ3) is 1.75. The van der Waals surface area contributed by atoms with Gasteiger partial charge in [0.15, 0.2) is 0 Å². The number of rotatable bonds is 2. The fourth-order valence-electron chi connectivity index (χ4n) is 2.78. The number of hydrogen-bond donors (Lipinski definition) is 2. The van der Waals surface area contributed by atoms with Gasteiger partial charge < -0.3 is 5.73 Å². The molecule has 1 fully saturated rings. The molecular weight excluding hydrogens is 186 g/mol. The van der Waals surface area contributed by atoms with Crippen LogP contribution in [0.4, 0.5) is 5.82 Å². The summed E-state index contributed by atoms with van der Waals surface area (Å²) < 4.78 is 0. The van der Waals surface area contributed by atoms with Crippen LogP contribution < -0.4 is 5.73 Å². The zero-order valence-electron chi connectivity index (χ0n) is 10.1. The molecule has 0 unspecified atom stereocenters. The van der Waals surface area contributed by atoms with Gasteiger partial charge in [-0.3, -0.25) is 5.10 Å². The average molecular weight is 207 g/mol. The maximum atomic E-state index is 5.88. The fraction of sp³-hybridized carbons (Fsp3) is 0.750. The first kappa shape index (κ1) is 10.5. The Balaban J connectivity index is 2.23. The number of nitrogens with two attached hydrogens (primary N) is 1. The lowest BCUT2D eigenvalue weighted by atomic mass is 9.62. The Labute approximate surface area is 91.4 Å². The van der Waals surface area contributed by atoms with E-state index in [1.165, 1.54) is 24.1 Å². The molecule has 0 aliphatic heterocycles. The Kier molecular flexibility index (Phi) is 2.28. The van der Waals surface area contributed by atoms with Gasteiger partial charge in [-0.15, -0.1) is 0 Å². The van der Waals surface area contributed by atoms with Crippen molar-refractivity contribution in [2.24, 2.45) is 5.41 Å². The third-order valence-electron chi connectivity index (χ3n) is 3.45. The molecule has 1 aliphatic rings. The van der Waals surface area contributed by atoms with E-state index in [0.717, 1.165) is 0 Å². The van der Waals surface area contributed by atoms with Crippen LogP contribution in [0.15, 0.2) is 0 Å². The first-order valence-corrected chi connectivity index (χ1v) is 5.74. The van der Waals surface area contributed by atoms with E-state index < -0.39 is 0 Å². The second-order valence-corrected chi connectivity index (χ2v) is 5.86. The SMILES string of the molecule is CC(C)c1c(N)n[nH]c1C1CC(C)(C)C1. The van der Waals surface area contributed by atoms with Crippen LogP contribution in [0.25, 0.3) is 0 Å². The van der Waals surface area contributed by atoms with E-state index in [9.17, 15) is 0 Å². The number of anilines is 1. The molecule has 1 saturated carbocycles. The average Bonchev–Trinajstić information content (AvgIpc) is 2.42. The number of hydrogen-bond acceptors (Lipinski definition) is 2. The lowest BCUT2D eigenvalue weighted by Crippen LogP contribution is -2.30. The van der Waals surface area contributed by atoms with Crippen LogP contribution in [0.2, 0.25) is 0 Å². The molecule has 3 N–H and O–H groups in total. The van der Waals surface area contributed by atoms with Gasteiger partial charge >= 0.3 is 0 Å². The summed E-state index contributed by atoms with van der Waals surface area (Å²) in [6.45, 7) is 8.99. The Morgan fingerprint density at radius 3 is 2.47 bits per heavy atom. The van der Waals surface area contributed by atoms with Gasteiger partial charge in [0.25, 0.3) is 0 Å². The van der Waals surface area contributed by atoms with Crippen LogP contribution in [0.3, 0.4) is 0 Å². The predicted octanol–water partition coefficient (Wildman–Crippen LogP) is 3.02. The van der Waals surface area contributed by atoms with Gasteiger partial charge in [-0.25, -0.2) is 0 Å². The monoisotopic (exact) mass is 207 g/mol. The molecule has 0 bridgehead atoms. The van der Waals surface area contributed by atoms with Gasteiger partial charge in [-0.1, -0.05) is 27.7 Å². The van der Waals surface area contributed by atoms with Gasteiger partial charge in [0.05, 0.1) is 0 Å². The molecule has 3 heteroatoms. The quantitative estimate of drug-likeness (QED) is 0.783. The molecule has 1 heterocycles. The molecule has 0 radical (unpaired) electrons. The highest BCUT2D eigenvalue weighted by atomic mass is 15.2. The highest BCUT2D eigenvalue weighted by molar-refractivity contribution is 5.46. The van der Waals surface area contributed by atoms with Crippen LogP contribution >= 0.6 is 0 Å². The second kappa shape index (κ2) is 3.26. The van der Waals surface area contributed by atoms with Crippen molar-refractivity contribution in [1.82, 2.24) is 10.2 Å². The Bertz CT molecular complexity index is 355. The number of nitrogen functional groups attached to an aromatic ring is 1. The van der Waals surface area contributed by atoms with Gasteiger partial charge in [0.2, 0.25) is 0 Å². The van der Waals surface area contributed by atoms with E-state index in [1.807, 2.05) is 0 Å². The Morgan fingerprint density at radius 1 is 1.40 bits per heavy atom. The summed E-state index contributed by atoms with van der Waals surface area (Å²) in [5.41, 5.74) is 8.89. The van der Waals surface area contributed by atoms with Crippen molar-refractivity contribution in [2.45, 2.75) is 52.4 Å². The van der Waals surface area contributed by atoms with E-state index in [4.69, 9.17) is 5.73 Å². The van der Waals surface area contributed by atoms with E-state index >= 15 is 0 Å². The molecule has 1 aromatic heterocycles. The van der Waals surface area contributed by atoms with Crippen molar-refractivity contribution in [3.63, 3.8) is 0 Å². The summed E-state index contributed by atoms with van der Waals surface area (Å²) in [6, 6.07) is 0. The van der Waals surface area contributed by atoms with Crippen molar-refractivity contribution in [3.05, 3.63) is 11.3 Å². The van der Waals surface area contributed by atoms with Crippen LogP contribution in [-0.4, -0.2) is 10.2 Å². The molecule has 0 atom stereocenters. The standard InChI is InChI=1S/C12H21N3/c1-7(2)9-10(14-15-11(9)13)8-5-12(3,4)6-8/h7-8H,5-6H2,1-4H3,(H3,13,14,15). The van der Waals surface area contributed by atoms with E-state index in [-0.39, 0.29) is 0 Å². The van der Waals surface area contributed by atoms with Gasteiger partial charge in [-0.2, -0.15) is 5.10 Å². The molecule has 3 nitrogen and oxygen atoms in total. The molecule has 0 amide bonds. The molecule has 0 aromatic carbocycles. The maximum absolute atomic E-state index is 5.88. The zero-order valence-corrected chi connectivity index (χ0v) is 10.1. The first-order chi connectivity index (χ1) is 6.91. The number of nitrogens with zero attached hydrogens (tertiary/aromatic N) is 1. The van der Waals surface area contributed by atoms with Crippen molar-refractivity contribution >= 4 is 5.82 Å². The van der Waals surface area contributed by atoms with Crippen LogP contribution in [0, 0.1) is 5.41 Å². The van der Waals surface area contributed by atoms with Gasteiger partial charge in [0.1, 0.15) is 5.82 Å². The predicted molar refractivity (Wildman–Crippen MR) is 62.8 cm³/mol. The fourth-order valence-corrected chi connectivity index (χ4v) is 2.78. The largest absolute Gasteiger partial charge is 0.382 e. The smallest absolute Gasteiger partial charge is 0.148 e. The van der Waals surface area contributed by atoms with E-state index in [0.29, 0.717) is 23.1 Å². The highest BCUT2D eigenvalue weighted by Crippen LogP contribution is 2.51. The zero-order chi connectivity index (χ0) is 11.2. The summed E-state index contributed by atoms with van der Waals surface area (Å²) in [7, 11) is 0. The van der Waals surface area contributed by atoms with Crippen molar-refractivity contribution < 1.29 is 0 Å². The normalized spacial score (nSPS) is 20.6. The van der Waals surface area contributed by atoms with Crippen molar-refractivity contribution in [3.8, 4) is 0 Å². The molecular formula is C12H21N3. The van der Waals surface area contributed by atoms with Gasteiger partial charge in [-0.05, 0) is 24.2 Å². The first-order valence-electron chi connectivity index (χ1n) is 5.74. The molecule has 0 saturated heterocycles. The second-order valence-electron chi connectivity index (χ2n) is 5.86. The van der Waals surface area contributed by atoms with E-state index in [2.05, 4.69) is 37.9 Å². The summed E-state index contributed by atoms with van der Waals surface area (Å²) in [5.74, 6) is 1.79. The van der Waals surface area contributed by atoms with Crippen molar-refractivity contribution in [2.75, 3.05) is 5.73 Å². The maximum Gasteiger partial charge on any atom is 0.148 e. The lowest BCUT2D eigenvalue weighted by Gasteiger charge is -2.42. The minimum atomic E-state index is 0.461. The molecule has 84 valence electrons. The van der Waals surface area contributed by atoms with Crippen LogP contribution in [0.1, 0.15) is 63.6 Å². The molecule has 15 heavy (non-hydrogen) atoms. The number of nitrogens with one attached hydrogen (secondary N) is 1. The number of aromatic nitrogens is 2. The van der Waals surface area contributed by atoms with Crippen LogP contribution in [0.5, 0.6) is 0 Å². The molecule has 1 aliphatic carbocycles. The Morgan fingerprint density at radius 2 is 2.00 bits per heavy atom. The van der Waals surface area contributed by atoms with Crippen LogP contribution in [-0.2, 0) is 0 Å². The third-order valence-corrected chi connectivity index (χ3v) is 3.45. The summed E-state index contributed by atoms with van der Waals surface area (Å²) >= 11 is 0. The van der Waals surface area contributed by atoms with Gasteiger partial charge in [0, 0.05) is 17.2 Å². The van der Waals surface area contributed by atoms with Crippen molar-refractivity contribution in [1.29, 1.82) is 0 Å². The summed E-state index contributed by atoms with van der Waals surface area (Å²) in [4.78, 5) is 0. The van der Waals surface area contributed by atoms with E-state index in [1.54, 1.807) is 0 Å². The Hall–Kier alpha value is -0.990. The lowest BCUT2D eigenvalue weighted by molar-refractivity contribution is 0.148. The topological polar surface area (TPSA) is 54.7 Å². The molecule has 0 spiro atoms. The minimum Gasteiger partial charge on any atom is -0.382 e. The number of aromatic amines is 1. The molecule has 2 rings (SSSR count). The molecule has 1 aromatic rings. The summed E-state index contributed by atoms with van der Waals surface area (Å²) in [5, 5.41) is 7.26.